The summed E-state index contributed by atoms with van der Waals surface area (Å²) in [6, 6.07) is 22.9. The number of carbonyl (C=O) groups excluding carboxylic acids is 2. The van der Waals surface area contributed by atoms with Crippen LogP contribution in [0.4, 0.5) is 10.1 Å². The third-order valence-corrected chi connectivity index (χ3v) is 7.09. The number of nitrogens with one attached hydrogen (secondary N) is 1. The van der Waals surface area contributed by atoms with Crippen molar-refractivity contribution in [3.63, 3.8) is 0 Å². The molecule has 2 amide bonds. The minimum atomic E-state index is -0.667. The number of rotatable bonds is 6. The number of nitrogens with zero attached hydrogens (tertiary/aromatic N) is 3. The van der Waals surface area contributed by atoms with Gasteiger partial charge in [-0.2, -0.15) is 10.1 Å². The first-order chi connectivity index (χ1) is 17.5. The summed E-state index contributed by atoms with van der Waals surface area (Å²) >= 11 is 1.22. The lowest BCUT2D eigenvalue weighted by molar-refractivity contribution is -0.121. The second kappa shape index (κ2) is 10.3. The summed E-state index contributed by atoms with van der Waals surface area (Å²) in [5, 5.41) is 9.08. The number of halogens is 1. The minimum Gasteiger partial charge on any atom is -0.495 e. The first kappa shape index (κ1) is 23.7. The molecule has 0 aliphatic carbocycles. The Morgan fingerprint density at radius 2 is 1.81 bits per heavy atom. The Kier molecular flexibility index (Phi) is 6.81. The third-order valence-electron chi connectivity index (χ3n) is 5.95. The van der Waals surface area contributed by atoms with Gasteiger partial charge in [0.2, 0.25) is 5.91 Å². The Morgan fingerprint density at radius 1 is 1.08 bits per heavy atom. The van der Waals surface area contributed by atoms with E-state index in [9.17, 15) is 14.0 Å². The number of thioether (sulfide) groups is 1. The molecule has 2 unspecified atom stereocenters. The fourth-order valence-electron chi connectivity index (χ4n) is 4.16. The second-order valence-corrected chi connectivity index (χ2v) is 9.49. The molecule has 5 rings (SSSR count). The van der Waals surface area contributed by atoms with Gasteiger partial charge in [0.05, 0.1) is 24.6 Å². The first-order valence-electron chi connectivity index (χ1n) is 11.4. The van der Waals surface area contributed by atoms with Crippen LogP contribution >= 0.6 is 11.8 Å². The number of hydrogen-bond donors (Lipinski definition) is 1. The molecule has 1 N–H and O–H groups in total. The van der Waals surface area contributed by atoms with Crippen molar-refractivity contribution < 1.29 is 18.7 Å². The number of aliphatic imine (C=N–C) groups is 1. The van der Waals surface area contributed by atoms with E-state index in [0.717, 1.165) is 16.8 Å². The summed E-state index contributed by atoms with van der Waals surface area (Å²) in [5.41, 5.74) is 3.21. The predicted molar refractivity (Wildman–Crippen MR) is 139 cm³/mol. The third kappa shape index (κ3) is 5.01. The monoisotopic (exact) mass is 502 g/mol. The Bertz CT molecular complexity index is 1340. The van der Waals surface area contributed by atoms with E-state index in [1.807, 2.05) is 36.4 Å². The number of hydrogen-bond acceptors (Lipinski definition) is 6. The van der Waals surface area contributed by atoms with Gasteiger partial charge in [-0.1, -0.05) is 66.4 Å². The smallest absolute Gasteiger partial charge is 0.262 e. The molecule has 2 heterocycles. The van der Waals surface area contributed by atoms with E-state index in [1.54, 1.807) is 35.3 Å². The summed E-state index contributed by atoms with van der Waals surface area (Å²) in [5.74, 6) is -0.482. The highest BCUT2D eigenvalue weighted by atomic mass is 32.2. The first-order valence-corrected chi connectivity index (χ1v) is 12.3. The quantitative estimate of drug-likeness (QED) is 0.512. The normalized spacial score (nSPS) is 19.2. The summed E-state index contributed by atoms with van der Waals surface area (Å²) in [6.45, 7) is 0. The van der Waals surface area contributed by atoms with Gasteiger partial charge in [0.15, 0.2) is 5.17 Å². The Labute approximate surface area is 212 Å². The van der Waals surface area contributed by atoms with Crippen molar-refractivity contribution in [2.75, 3.05) is 12.4 Å². The predicted octanol–water partition coefficient (Wildman–Crippen LogP) is 5.01. The van der Waals surface area contributed by atoms with E-state index in [-0.39, 0.29) is 30.1 Å². The van der Waals surface area contributed by atoms with Crippen LogP contribution in [0.2, 0.25) is 0 Å². The topological polar surface area (TPSA) is 83.4 Å². The SMILES string of the molecule is COc1ccccc1NC(=O)CC1SC(N2N=C(c3ccccc3)CC2c2ccc(F)cc2)=NC1=O. The molecule has 3 aromatic carbocycles. The fraction of sp³-hybridized carbons (Fsp3) is 0.185. The Balaban J connectivity index is 1.34. The average molecular weight is 503 g/mol. The molecule has 36 heavy (non-hydrogen) atoms. The maximum atomic E-state index is 13.6. The highest BCUT2D eigenvalue weighted by Gasteiger charge is 2.39. The molecule has 182 valence electrons. The van der Waals surface area contributed by atoms with Gasteiger partial charge in [-0.05, 0) is 35.4 Å². The zero-order valence-corrected chi connectivity index (χ0v) is 20.2. The lowest BCUT2D eigenvalue weighted by Gasteiger charge is -2.23. The van der Waals surface area contributed by atoms with Gasteiger partial charge >= 0.3 is 0 Å². The van der Waals surface area contributed by atoms with E-state index in [4.69, 9.17) is 9.84 Å². The number of hydrazone groups is 1. The molecule has 2 aliphatic rings. The minimum absolute atomic E-state index is 0.0428. The van der Waals surface area contributed by atoms with Crippen LogP contribution in [0.25, 0.3) is 0 Å². The lowest BCUT2D eigenvalue weighted by Crippen LogP contribution is -2.25. The number of anilines is 1. The zero-order valence-electron chi connectivity index (χ0n) is 19.4. The summed E-state index contributed by atoms with van der Waals surface area (Å²) < 4.78 is 18.9. The van der Waals surface area contributed by atoms with Crippen LogP contribution in [0.5, 0.6) is 5.75 Å². The lowest BCUT2D eigenvalue weighted by atomic mass is 9.99. The van der Waals surface area contributed by atoms with E-state index in [0.29, 0.717) is 23.0 Å². The maximum Gasteiger partial charge on any atom is 0.262 e. The van der Waals surface area contributed by atoms with Crippen LogP contribution in [0.3, 0.4) is 0 Å². The average Bonchev–Trinajstić information content (AvgIpc) is 3.49. The summed E-state index contributed by atoms with van der Waals surface area (Å²) in [7, 11) is 1.53. The van der Waals surface area contributed by atoms with E-state index < -0.39 is 5.25 Å². The largest absolute Gasteiger partial charge is 0.495 e. The summed E-state index contributed by atoms with van der Waals surface area (Å²) in [4.78, 5) is 29.7. The number of benzene rings is 3. The molecule has 2 aliphatic heterocycles. The van der Waals surface area contributed by atoms with Crippen molar-refractivity contribution in [1.82, 2.24) is 5.01 Å². The second-order valence-electron chi connectivity index (χ2n) is 8.32. The van der Waals surface area contributed by atoms with Gasteiger partial charge in [0.1, 0.15) is 16.8 Å². The zero-order chi connectivity index (χ0) is 25.1. The van der Waals surface area contributed by atoms with Crippen LogP contribution in [0.1, 0.15) is 30.0 Å². The number of amides is 2. The van der Waals surface area contributed by atoms with E-state index in [1.165, 1.54) is 31.0 Å². The molecule has 0 saturated heterocycles. The molecule has 0 bridgehead atoms. The molecule has 3 aromatic rings. The van der Waals surface area contributed by atoms with Crippen LogP contribution in [-0.4, -0.2) is 40.1 Å². The highest BCUT2D eigenvalue weighted by molar-refractivity contribution is 8.15. The molecule has 0 aromatic heterocycles. The fourth-order valence-corrected chi connectivity index (χ4v) is 5.22. The van der Waals surface area contributed by atoms with Crippen LogP contribution in [0.15, 0.2) is 89.0 Å². The molecular formula is C27H23FN4O3S. The molecule has 0 saturated carbocycles. The van der Waals surface area contributed by atoms with Crippen molar-refractivity contribution in [1.29, 1.82) is 0 Å². The van der Waals surface area contributed by atoms with Crippen LogP contribution in [-0.2, 0) is 9.59 Å². The summed E-state index contributed by atoms with van der Waals surface area (Å²) in [6.07, 6.45) is 0.529. The highest BCUT2D eigenvalue weighted by Crippen LogP contribution is 2.38. The van der Waals surface area contributed by atoms with Crippen molar-refractivity contribution in [2.24, 2.45) is 10.1 Å². The Hall–Kier alpha value is -3.98. The van der Waals surface area contributed by atoms with Gasteiger partial charge in [0.25, 0.3) is 5.91 Å². The number of methoxy groups -OCH3 is 1. The molecule has 0 radical (unpaired) electrons. The van der Waals surface area contributed by atoms with E-state index in [2.05, 4.69) is 10.3 Å². The van der Waals surface area contributed by atoms with Gasteiger partial charge in [-0.15, -0.1) is 0 Å². The van der Waals surface area contributed by atoms with Crippen molar-refractivity contribution in [3.8, 4) is 5.75 Å². The molecular weight excluding hydrogens is 479 g/mol. The molecule has 2 atom stereocenters. The van der Waals surface area contributed by atoms with Crippen LogP contribution in [0, 0.1) is 5.82 Å². The van der Waals surface area contributed by atoms with Gasteiger partial charge in [-0.25, -0.2) is 9.40 Å². The molecule has 7 nitrogen and oxygen atoms in total. The standard InChI is InChI=1S/C27H23FN4O3S/c1-35-23-10-6-5-9-20(23)29-25(33)16-24-26(34)30-27(36-24)32-22(18-11-13-19(28)14-12-18)15-21(31-32)17-7-3-2-4-8-17/h2-14,22,24H,15-16H2,1H3,(H,29,33). The van der Waals surface area contributed by atoms with Gasteiger partial charge in [0, 0.05) is 12.8 Å². The molecule has 9 heteroatoms. The maximum absolute atomic E-state index is 13.6. The molecule has 0 fully saturated rings. The van der Waals surface area contributed by atoms with Crippen molar-refractivity contribution in [2.45, 2.75) is 24.1 Å². The van der Waals surface area contributed by atoms with Gasteiger partial charge in [-0.3, -0.25) is 9.59 Å². The number of ether oxygens (including phenoxy) is 1. The van der Waals surface area contributed by atoms with Crippen molar-refractivity contribution >= 4 is 40.1 Å². The number of carbonyl (C=O) groups is 2. The Morgan fingerprint density at radius 3 is 2.56 bits per heavy atom. The van der Waals surface area contributed by atoms with Gasteiger partial charge < -0.3 is 10.1 Å². The van der Waals surface area contributed by atoms with Crippen molar-refractivity contribution in [3.05, 3.63) is 95.8 Å². The van der Waals surface area contributed by atoms with E-state index >= 15 is 0 Å². The molecule has 0 spiro atoms. The number of para-hydroxylation sites is 2. The van der Waals surface area contributed by atoms with Crippen LogP contribution < -0.4 is 10.1 Å². The number of amidine groups is 1.